The number of aliphatic hydroxyl groups is 2. The molecule has 0 saturated carbocycles. The van der Waals surface area contributed by atoms with Crippen molar-refractivity contribution in [3.63, 3.8) is 0 Å². The summed E-state index contributed by atoms with van der Waals surface area (Å²) in [5.41, 5.74) is -1.79. The van der Waals surface area contributed by atoms with Gasteiger partial charge in [0, 0.05) is 5.92 Å². The number of rotatable bonds is 6. The number of phenols is 2. The van der Waals surface area contributed by atoms with Crippen molar-refractivity contribution in [3.05, 3.63) is 47.5 Å². The van der Waals surface area contributed by atoms with Crippen LogP contribution < -0.4 is 9.47 Å². The Morgan fingerprint density at radius 1 is 0.769 bits per heavy atom. The standard InChI is InChI=1S/C20H26O6/c1-19(2,23)20(3,24)18(12-6-8-14(21)16(10-12)25-4)13-7-9-15(22)17(11-13)26-5/h6-11,18,21-24H,1-5H3. The molecule has 0 spiro atoms. The van der Waals surface area contributed by atoms with Crippen molar-refractivity contribution in [1.82, 2.24) is 0 Å². The minimum atomic E-state index is -1.59. The normalized spacial score (nSPS) is 14.2. The molecule has 0 saturated heterocycles. The summed E-state index contributed by atoms with van der Waals surface area (Å²) in [4.78, 5) is 0. The van der Waals surface area contributed by atoms with Gasteiger partial charge in [0.05, 0.1) is 19.8 Å². The lowest BCUT2D eigenvalue weighted by Gasteiger charge is -2.42. The van der Waals surface area contributed by atoms with Crippen molar-refractivity contribution >= 4 is 0 Å². The molecule has 142 valence electrons. The second kappa shape index (κ2) is 7.05. The summed E-state index contributed by atoms with van der Waals surface area (Å²) >= 11 is 0. The fraction of sp³-hybridized carbons (Fsp3) is 0.400. The molecule has 0 bridgehead atoms. The number of benzene rings is 2. The second-order valence-corrected chi connectivity index (χ2v) is 7.00. The molecule has 6 heteroatoms. The van der Waals surface area contributed by atoms with E-state index < -0.39 is 17.1 Å². The molecule has 2 aromatic rings. The summed E-state index contributed by atoms with van der Waals surface area (Å²) in [6.45, 7) is 4.58. The molecule has 0 aliphatic rings. The lowest BCUT2D eigenvalue weighted by Crippen LogP contribution is -2.52. The maximum absolute atomic E-state index is 11.2. The van der Waals surface area contributed by atoms with E-state index in [4.69, 9.17) is 9.47 Å². The van der Waals surface area contributed by atoms with E-state index in [0.717, 1.165) is 0 Å². The van der Waals surface area contributed by atoms with Gasteiger partial charge in [0.1, 0.15) is 5.60 Å². The summed E-state index contributed by atoms with van der Waals surface area (Å²) in [5, 5.41) is 41.6. The molecule has 0 aliphatic carbocycles. The van der Waals surface area contributed by atoms with Gasteiger partial charge in [-0.25, -0.2) is 0 Å². The Morgan fingerprint density at radius 2 is 1.15 bits per heavy atom. The van der Waals surface area contributed by atoms with E-state index in [2.05, 4.69) is 0 Å². The first-order valence-electron chi connectivity index (χ1n) is 8.21. The van der Waals surface area contributed by atoms with Crippen molar-refractivity contribution < 1.29 is 29.9 Å². The van der Waals surface area contributed by atoms with E-state index in [1.54, 1.807) is 24.3 Å². The Labute approximate surface area is 153 Å². The quantitative estimate of drug-likeness (QED) is 0.631. The van der Waals surface area contributed by atoms with Gasteiger partial charge in [0.15, 0.2) is 23.0 Å². The van der Waals surface area contributed by atoms with Crippen LogP contribution in [0.5, 0.6) is 23.0 Å². The highest BCUT2D eigenvalue weighted by atomic mass is 16.5. The van der Waals surface area contributed by atoms with E-state index in [1.165, 1.54) is 47.1 Å². The third kappa shape index (κ3) is 3.57. The van der Waals surface area contributed by atoms with Crippen LogP contribution in [0, 0.1) is 0 Å². The van der Waals surface area contributed by atoms with Crippen molar-refractivity contribution in [1.29, 1.82) is 0 Å². The molecular weight excluding hydrogens is 336 g/mol. The van der Waals surface area contributed by atoms with Gasteiger partial charge in [-0.3, -0.25) is 0 Å². The summed E-state index contributed by atoms with van der Waals surface area (Å²) in [5.74, 6) is -0.233. The van der Waals surface area contributed by atoms with Gasteiger partial charge in [-0.15, -0.1) is 0 Å². The van der Waals surface area contributed by atoms with Crippen molar-refractivity contribution in [2.75, 3.05) is 14.2 Å². The van der Waals surface area contributed by atoms with Gasteiger partial charge in [-0.2, -0.15) is 0 Å². The van der Waals surface area contributed by atoms with Gasteiger partial charge < -0.3 is 29.9 Å². The summed E-state index contributed by atoms with van der Waals surface area (Å²) in [6.07, 6.45) is 0. The monoisotopic (exact) mass is 362 g/mol. The fourth-order valence-electron chi connectivity index (χ4n) is 2.94. The zero-order valence-corrected chi connectivity index (χ0v) is 15.6. The number of hydrogen-bond donors (Lipinski definition) is 4. The van der Waals surface area contributed by atoms with Crippen LogP contribution in [-0.4, -0.2) is 45.8 Å². The van der Waals surface area contributed by atoms with E-state index in [0.29, 0.717) is 11.1 Å². The lowest BCUT2D eigenvalue weighted by atomic mass is 9.70. The molecule has 4 N–H and O–H groups in total. The van der Waals surface area contributed by atoms with E-state index in [9.17, 15) is 20.4 Å². The van der Waals surface area contributed by atoms with Crippen LogP contribution in [0.2, 0.25) is 0 Å². The first-order chi connectivity index (χ1) is 12.0. The molecule has 2 aromatic carbocycles. The largest absolute Gasteiger partial charge is 0.504 e. The summed E-state index contributed by atoms with van der Waals surface area (Å²) in [7, 11) is 2.87. The van der Waals surface area contributed by atoms with E-state index in [-0.39, 0.29) is 23.0 Å². The summed E-state index contributed by atoms with van der Waals surface area (Å²) < 4.78 is 10.4. The first kappa shape index (κ1) is 19.9. The third-order valence-corrected chi connectivity index (χ3v) is 4.87. The Morgan fingerprint density at radius 3 is 1.46 bits per heavy atom. The van der Waals surface area contributed by atoms with Crippen LogP contribution in [0.1, 0.15) is 37.8 Å². The molecule has 2 rings (SSSR count). The zero-order valence-electron chi connectivity index (χ0n) is 15.6. The predicted molar refractivity (Wildman–Crippen MR) is 98.1 cm³/mol. The average Bonchev–Trinajstić information content (AvgIpc) is 2.56. The molecule has 0 fully saturated rings. The minimum Gasteiger partial charge on any atom is -0.504 e. The van der Waals surface area contributed by atoms with Crippen LogP contribution >= 0.6 is 0 Å². The Bertz CT molecular complexity index is 723. The van der Waals surface area contributed by atoms with E-state index >= 15 is 0 Å². The van der Waals surface area contributed by atoms with Gasteiger partial charge in [-0.1, -0.05) is 12.1 Å². The first-order valence-corrected chi connectivity index (χ1v) is 8.21. The van der Waals surface area contributed by atoms with Crippen LogP contribution in [-0.2, 0) is 0 Å². The third-order valence-electron chi connectivity index (χ3n) is 4.87. The topological polar surface area (TPSA) is 99.4 Å². The van der Waals surface area contributed by atoms with Crippen LogP contribution in [0.15, 0.2) is 36.4 Å². The minimum absolute atomic E-state index is 0.0267. The maximum Gasteiger partial charge on any atom is 0.160 e. The highest BCUT2D eigenvalue weighted by Crippen LogP contribution is 2.44. The number of phenolic OH excluding ortho intramolecular Hbond substituents is 2. The number of aromatic hydroxyl groups is 2. The highest BCUT2D eigenvalue weighted by Gasteiger charge is 2.46. The van der Waals surface area contributed by atoms with Gasteiger partial charge >= 0.3 is 0 Å². The fourth-order valence-corrected chi connectivity index (χ4v) is 2.94. The average molecular weight is 362 g/mol. The van der Waals surface area contributed by atoms with Gasteiger partial charge in [0.2, 0.25) is 0 Å². The summed E-state index contributed by atoms with van der Waals surface area (Å²) in [6, 6.07) is 9.47. The highest BCUT2D eigenvalue weighted by molar-refractivity contribution is 5.50. The molecule has 0 amide bonds. The predicted octanol–water partition coefficient (Wildman–Crippen LogP) is 2.77. The molecule has 1 unspecified atom stereocenters. The lowest BCUT2D eigenvalue weighted by molar-refractivity contribution is -0.128. The van der Waals surface area contributed by atoms with Crippen molar-refractivity contribution in [3.8, 4) is 23.0 Å². The van der Waals surface area contributed by atoms with Crippen molar-refractivity contribution in [2.24, 2.45) is 0 Å². The second-order valence-electron chi connectivity index (χ2n) is 7.00. The smallest absolute Gasteiger partial charge is 0.160 e. The Hall–Kier alpha value is -2.44. The van der Waals surface area contributed by atoms with Crippen molar-refractivity contribution in [2.45, 2.75) is 37.9 Å². The molecule has 6 nitrogen and oxygen atoms in total. The molecule has 0 radical (unpaired) electrons. The van der Waals surface area contributed by atoms with Crippen LogP contribution in [0.4, 0.5) is 0 Å². The zero-order chi connectivity index (χ0) is 19.7. The number of hydrogen-bond acceptors (Lipinski definition) is 6. The van der Waals surface area contributed by atoms with Crippen LogP contribution in [0.3, 0.4) is 0 Å². The molecule has 0 aromatic heterocycles. The molecule has 1 atom stereocenters. The number of methoxy groups -OCH3 is 2. The molecule has 0 aliphatic heterocycles. The maximum atomic E-state index is 11.2. The van der Waals surface area contributed by atoms with Gasteiger partial charge in [-0.05, 0) is 56.2 Å². The molecule has 26 heavy (non-hydrogen) atoms. The molecular formula is C20H26O6. The Balaban J connectivity index is 2.72. The van der Waals surface area contributed by atoms with E-state index in [1.807, 2.05) is 0 Å². The SMILES string of the molecule is COc1cc(C(c2ccc(O)c(OC)c2)C(C)(O)C(C)(C)O)ccc1O. The Kier molecular flexibility index (Phi) is 5.39. The van der Waals surface area contributed by atoms with Crippen LogP contribution in [0.25, 0.3) is 0 Å². The molecule has 0 heterocycles. The number of ether oxygens (including phenoxy) is 2. The van der Waals surface area contributed by atoms with Gasteiger partial charge in [0.25, 0.3) is 0 Å².